The van der Waals surface area contributed by atoms with Crippen LogP contribution < -0.4 is 21.3 Å². The van der Waals surface area contributed by atoms with Crippen molar-refractivity contribution in [3.8, 4) is 0 Å². The summed E-state index contributed by atoms with van der Waals surface area (Å²) >= 11 is 0. The molecule has 0 aliphatic carbocycles. The van der Waals surface area contributed by atoms with Crippen LogP contribution in [0.1, 0.15) is 26.7 Å². The van der Waals surface area contributed by atoms with Gasteiger partial charge in [0.15, 0.2) is 0 Å². The van der Waals surface area contributed by atoms with Gasteiger partial charge in [0.2, 0.25) is 23.6 Å². The van der Waals surface area contributed by atoms with Crippen molar-refractivity contribution in [3.05, 3.63) is 0 Å². The first kappa shape index (κ1) is 38.1. The molecule has 0 aromatic heterocycles. The molecule has 0 saturated carbocycles. The summed E-state index contributed by atoms with van der Waals surface area (Å²) in [6.07, 6.45) is -0.0775. The Morgan fingerprint density at radius 3 is 1.44 bits per heavy atom. The van der Waals surface area contributed by atoms with Crippen molar-refractivity contribution in [2.24, 2.45) is 0 Å². The van der Waals surface area contributed by atoms with Gasteiger partial charge in [-0.15, -0.1) is 0 Å². The molecule has 5 N–H and O–H groups in total. The van der Waals surface area contributed by atoms with Crippen molar-refractivity contribution in [2.45, 2.75) is 32.7 Å². The van der Waals surface area contributed by atoms with E-state index in [-0.39, 0.29) is 90.0 Å². The lowest BCUT2D eigenvalue weighted by atomic mass is 10.1. The predicted octanol–water partition coefficient (Wildman–Crippen LogP) is -2.18. The summed E-state index contributed by atoms with van der Waals surface area (Å²) < 4.78 is 31.5. The molecule has 0 spiro atoms. The van der Waals surface area contributed by atoms with Crippen molar-refractivity contribution >= 4 is 29.6 Å². The molecular formula is C25H46N4O12. The fraction of sp³-hybridized carbons (Fsp3) is 0.800. The minimum absolute atomic E-state index is 0.0221. The first-order valence-electron chi connectivity index (χ1n) is 13.5. The zero-order valence-corrected chi connectivity index (χ0v) is 24.0. The number of hydrogen-bond acceptors (Lipinski definition) is 11. The molecule has 0 fully saturated rings. The third-order valence-electron chi connectivity index (χ3n) is 4.83. The van der Waals surface area contributed by atoms with Gasteiger partial charge < -0.3 is 54.8 Å². The molecule has 0 aliphatic heterocycles. The summed E-state index contributed by atoms with van der Waals surface area (Å²) in [7, 11) is 0. The van der Waals surface area contributed by atoms with E-state index in [9.17, 15) is 24.0 Å². The van der Waals surface area contributed by atoms with Crippen molar-refractivity contribution in [1.82, 2.24) is 21.3 Å². The van der Waals surface area contributed by atoms with Gasteiger partial charge in [-0.1, -0.05) is 0 Å². The minimum atomic E-state index is -1.20. The number of carbonyl (C=O) groups excluding carboxylic acids is 4. The van der Waals surface area contributed by atoms with Gasteiger partial charge in [0.1, 0.15) is 19.3 Å². The molecule has 238 valence electrons. The number of rotatable bonds is 28. The van der Waals surface area contributed by atoms with E-state index in [1.165, 1.54) is 6.92 Å². The number of carbonyl (C=O) groups is 5. The predicted molar refractivity (Wildman–Crippen MR) is 144 cm³/mol. The first-order valence-corrected chi connectivity index (χ1v) is 13.5. The normalized spacial score (nSPS) is 11.5. The average molecular weight is 595 g/mol. The fourth-order valence-corrected chi connectivity index (χ4v) is 2.89. The van der Waals surface area contributed by atoms with Crippen LogP contribution in [-0.4, -0.2) is 140 Å². The first-order chi connectivity index (χ1) is 19.8. The summed E-state index contributed by atoms with van der Waals surface area (Å²) in [5.41, 5.74) is 0. The summed E-state index contributed by atoms with van der Waals surface area (Å²) in [6, 6.07) is -1.12. The van der Waals surface area contributed by atoms with Crippen molar-refractivity contribution in [1.29, 1.82) is 0 Å². The van der Waals surface area contributed by atoms with E-state index in [1.807, 2.05) is 6.92 Å². The largest absolute Gasteiger partial charge is 0.480 e. The third kappa shape index (κ3) is 27.1. The van der Waals surface area contributed by atoms with Crippen LogP contribution >= 0.6 is 0 Å². The van der Waals surface area contributed by atoms with E-state index in [2.05, 4.69) is 21.3 Å². The highest BCUT2D eigenvalue weighted by Gasteiger charge is 2.19. The number of hydrogen-bond donors (Lipinski definition) is 5. The fourth-order valence-electron chi connectivity index (χ4n) is 2.89. The Morgan fingerprint density at radius 1 is 0.610 bits per heavy atom. The molecule has 0 unspecified atom stereocenters. The Kier molecular flexibility index (Phi) is 25.4. The SMILES string of the molecule is CCOCCOCCNC(=O)COCCOCCNC(=O)COCCOCCNC(=O)CC[C@H](NC(C)=O)C(=O)O. The van der Waals surface area contributed by atoms with Gasteiger partial charge in [-0.25, -0.2) is 4.79 Å². The number of ether oxygens (including phenoxy) is 6. The van der Waals surface area contributed by atoms with Gasteiger partial charge in [0.05, 0.1) is 59.5 Å². The number of amides is 4. The lowest BCUT2D eigenvalue weighted by Crippen LogP contribution is -2.40. The Bertz CT molecular complexity index is 741. The quantitative estimate of drug-likeness (QED) is 0.0613. The lowest BCUT2D eigenvalue weighted by molar-refractivity contribution is -0.142. The Labute approximate surface area is 240 Å². The van der Waals surface area contributed by atoms with Crippen LogP contribution in [0.5, 0.6) is 0 Å². The van der Waals surface area contributed by atoms with Gasteiger partial charge >= 0.3 is 5.97 Å². The van der Waals surface area contributed by atoms with E-state index in [4.69, 9.17) is 33.5 Å². The van der Waals surface area contributed by atoms with Crippen molar-refractivity contribution in [3.63, 3.8) is 0 Å². The van der Waals surface area contributed by atoms with Crippen LogP contribution in [0.15, 0.2) is 0 Å². The molecule has 4 amide bonds. The van der Waals surface area contributed by atoms with E-state index >= 15 is 0 Å². The second kappa shape index (κ2) is 27.3. The monoisotopic (exact) mass is 594 g/mol. The maximum absolute atomic E-state index is 11.8. The maximum Gasteiger partial charge on any atom is 0.326 e. The molecule has 16 nitrogen and oxygen atoms in total. The number of carboxylic acids is 1. The topological polar surface area (TPSA) is 209 Å². The van der Waals surface area contributed by atoms with E-state index < -0.39 is 17.9 Å². The van der Waals surface area contributed by atoms with Crippen LogP contribution in [0.3, 0.4) is 0 Å². The zero-order chi connectivity index (χ0) is 30.6. The van der Waals surface area contributed by atoms with Crippen LogP contribution in [0.25, 0.3) is 0 Å². The van der Waals surface area contributed by atoms with Gasteiger partial charge in [0, 0.05) is 39.6 Å². The van der Waals surface area contributed by atoms with Crippen molar-refractivity contribution < 1.29 is 57.5 Å². The van der Waals surface area contributed by atoms with E-state index in [0.717, 1.165) is 0 Å². The van der Waals surface area contributed by atoms with Crippen LogP contribution in [0.4, 0.5) is 0 Å². The molecule has 0 heterocycles. The molecule has 0 saturated heterocycles. The molecule has 0 aromatic rings. The minimum Gasteiger partial charge on any atom is -0.480 e. The highest BCUT2D eigenvalue weighted by atomic mass is 16.5. The highest BCUT2D eigenvalue weighted by Crippen LogP contribution is 1.98. The second-order valence-electron chi connectivity index (χ2n) is 8.32. The van der Waals surface area contributed by atoms with Crippen molar-refractivity contribution in [2.75, 3.05) is 98.9 Å². The average Bonchev–Trinajstić information content (AvgIpc) is 2.93. The molecule has 16 heteroatoms. The number of aliphatic carboxylic acids is 1. The standard InChI is InChI=1S/C25H46N4O12/c1-3-36-12-13-37-10-7-27-23(32)18-41-17-15-39-11-8-28-24(33)19-40-16-14-38-9-6-26-22(31)5-4-21(25(34)35)29-20(2)30/h21H,3-19H2,1-2H3,(H,26,31)(H,27,32)(H,28,33)(H,29,30)(H,34,35)/t21-/m0/s1. The van der Waals surface area contributed by atoms with Gasteiger partial charge in [-0.3, -0.25) is 19.2 Å². The smallest absolute Gasteiger partial charge is 0.326 e. The molecule has 0 aromatic carbocycles. The molecule has 0 rings (SSSR count). The third-order valence-corrected chi connectivity index (χ3v) is 4.83. The molecule has 41 heavy (non-hydrogen) atoms. The maximum atomic E-state index is 11.8. The van der Waals surface area contributed by atoms with Gasteiger partial charge in [0.25, 0.3) is 0 Å². The summed E-state index contributed by atoms with van der Waals surface area (Å²) in [5.74, 6) is -2.60. The lowest BCUT2D eigenvalue weighted by Gasteiger charge is -2.13. The summed E-state index contributed by atoms with van der Waals surface area (Å²) in [4.78, 5) is 57.1. The molecule has 0 aliphatic rings. The molecule has 0 bridgehead atoms. The molecular weight excluding hydrogens is 548 g/mol. The van der Waals surface area contributed by atoms with Crippen LogP contribution in [0.2, 0.25) is 0 Å². The van der Waals surface area contributed by atoms with Crippen LogP contribution in [0, 0.1) is 0 Å². The van der Waals surface area contributed by atoms with Gasteiger partial charge in [-0.2, -0.15) is 0 Å². The molecule has 1 atom stereocenters. The summed E-state index contributed by atoms with van der Waals surface area (Å²) in [6.45, 7) is 7.26. The molecule has 0 radical (unpaired) electrons. The summed E-state index contributed by atoms with van der Waals surface area (Å²) in [5, 5.41) is 19.2. The zero-order valence-electron chi connectivity index (χ0n) is 24.0. The number of nitrogens with one attached hydrogen (secondary N) is 4. The Hall–Kier alpha value is -2.89. The van der Waals surface area contributed by atoms with Gasteiger partial charge in [-0.05, 0) is 13.3 Å². The highest BCUT2D eigenvalue weighted by molar-refractivity contribution is 5.83. The van der Waals surface area contributed by atoms with E-state index in [1.54, 1.807) is 0 Å². The van der Waals surface area contributed by atoms with E-state index in [0.29, 0.717) is 39.5 Å². The Morgan fingerprint density at radius 2 is 1.02 bits per heavy atom. The number of carboxylic acid groups (broad SMARTS) is 1. The second-order valence-corrected chi connectivity index (χ2v) is 8.32. The Balaban J connectivity index is 3.47. The van der Waals surface area contributed by atoms with Crippen LogP contribution in [-0.2, 0) is 52.4 Å².